The molecule has 0 aromatic heterocycles. The van der Waals surface area contributed by atoms with Crippen LogP contribution >= 0.6 is 0 Å². The Bertz CT molecular complexity index is 352. The summed E-state index contributed by atoms with van der Waals surface area (Å²) in [5, 5.41) is 0. The number of halogens is 1. The number of allylic oxidation sites excluding steroid dienone is 8. The van der Waals surface area contributed by atoms with Crippen LogP contribution in [0.3, 0.4) is 0 Å². The highest BCUT2D eigenvalue weighted by atomic mass is 19.1. The number of rotatable bonds is 4. The lowest BCUT2D eigenvalue weighted by atomic mass is 9.94. The van der Waals surface area contributed by atoms with Gasteiger partial charge in [0.1, 0.15) is 5.83 Å². The van der Waals surface area contributed by atoms with Gasteiger partial charge in [0, 0.05) is 0 Å². The molecular formula is C14H19F. The van der Waals surface area contributed by atoms with Crippen molar-refractivity contribution in [1.29, 1.82) is 0 Å². The van der Waals surface area contributed by atoms with Gasteiger partial charge < -0.3 is 0 Å². The van der Waals surface area contributed by atoms with Crippen LogP contribution in [-0.2, 0) is 0 Å². The zero-order valence-electron chi connectivity index (χ0n) is 10.0. The van der Waals surface area contributed by atoms with Gasteiger partial charge in [-0.15, -0.1) is 0 Å². The fraction of sp³-hybridized carbons (Fsp3) is 0.286. The lowest BCUT2D eigenvalue weighted by molar-refractivity contribution is 0.663. The maximum absolute atomic E-state index is 13.2. The summed E-state index contributed by atoms with van der Waals surface area (Å²) in [6.07, 6.45) is 4.84. The van der Waals surface area contributed by atoms with Gasteiger partial charge in [0.25, 0.3) is 0 Å². The highest BCUT2D eigenvalue weighted by Crippen LogP contribution is 2.25. The maximum Gasteiger partial charge on any atom is 0.119 e. The summed E-state index contributed by atoms with van der Waals surface area (Å²) >= 11 is 0. The predicted molar refractivity (Wildman–Crippen MR) is 66.3 cm³/mol. The zero-order valence-corrected chi connectivity index (χ0v) is 10.0. The fourth-order valence-corrected chi connectivity index (χ4v) is 1.28. The van der Waals surface area contributed by atoms with Gasteiger partial charge in [0.15, 0.2) is 0 Å². The molecule has 0 spiro atoms. The standard InChI is InChI=1S/C14H19F/c1-7-12(15)9-14(11(5)6)13(8-2)10(3)4/h7-9H,3,5H2,1-2,4,6H3. The van der Waals surface area contributed by atoms with Crippen molar-refractivity contribution in [2.24, 2.45) is 0 Å². The molecule has 0 nitrogen and oxygen atoms in total. The van der Waals surface area contributed by atoms with Crippen molar-refractivity contribution in [2.75, 3.05) is 0 Å². The van der Waals surface area contributed by atoms with Crippen LogP contribution in [0.2, 0.25) is 0 Å². The van der Waals surface area contributed by atoms with E-state index in [4.69, 9.17) is 0 Å². The summed E-state index contributed by atoms with van der Waals surface area (Å²) in [7, 11) is 0. The van der Waals surface area contributed by atoms with E-state index in [1.807, 2.05) is 26.8 Å². The van der Waals surface area contributed by atoms with E-state index in [2.05, 4.69) is 13.2 Å². The summed E-state index contributed by atoms with van der Waals surface area (Å²) in [5.41, 5.74) is 3.50. The molecule has 0 amide bonds. The zero-order chi connectivity index (χ0) is 12.0. The molecule has 0 heterocycles. The first-order valence-corrected chi connectivity index (χ1v) is 4.96. The van der Waals surface area contributed by atoms with Gasteiger partial charge in [0.05, 0.1) is 0 Å². The SMILES string of the molecule is C=C(C)C(=CC)C(=CC(F)=CC)C(=C)C. The fourth-order valence-electron chi connectivity index (χ4n) is 1.28. The van der Waals surface area contributed by atoms with E-state index in [1.54, 1.807) is 6.92 Å². The molecule has 82 valence electrons. The molecule has 0 aromatic rings. The molecule has 0 rings (SSSR count). The molecule has 0 N–H and O–H groups in total. The molecule has 1 heteroatoms. The van der Waals surface area contributed by atoms with E-state index in [1.165, 1.54) is 12.2 Å². The summed E-state index contributed by atoms with van der Waals surface area (Å²) in [5.74, 6) is -0.256. The Morgan fingerprint density at radius 3 is 1.67 bits per heavy atom. The van der Waals surface area contributed by atoms with Crippen LogP contribution in [0.4, 0.5) is 4.39 Å². The van der Waals surface area contributed by atoms with Gasteiger partial charge in [-0.25, -0.2) is 4.39 Å². The molecule has 0 aliphatic carbocycles. The summed E-state index contributed by atoms with van der Waals surface area (Å²) in [6, 6.07) is 0. The molecule has 0 saturated heterocycles. The second kappa shape index (κ2) is 6.18. The van der Waals surface area contributed by atoms with Gasteiger partial charge in [0.2, 0.25) is 0 Å². The number of hydrogen-bond donors (Lipinski definition) is 0. The lowest BCUT2D eigenvalue weighted by Gasteiger charge is -2.11. The van der Waals surface area contributed by atoms with E-state index in [0.29, 0.717) is 0 Å². The summed E-state index contributed by atoms with van der Waals surface area (Å²) in [4.78, 5) is 0. The Morgan fingerprint density at radius 2 is 1.40 bits per heavy atom. The van der Waals surface area contributed by atoms with Crippen LogP contribution in [0.15, 0.2) is 59.5 Å². The Labute approximate surface area is 92.2 Å². The Balaban J connectivity index is 5.43. The summed E-state index contributed by atoms with van der Waals surface area (Å²) in [6.45, 7) is 15.1. The van der Waals surface area contributed by atoms with Crippen LogP contribution in [0.1, 0.15) is 27.7 Å². The quantitative estimate of drug-likeness (QED) is 0.575. The molecule has 0 aromatic carbocycles. The number of hydrogen-bond acceptors (Lipinski definition) is 0. The normalized spacial score (nSPS) is 14.1. The lowest BCUT2D eigenvalue weighted by Crippen LogP contribution is -1.92. The summed E-state index contributed by atoms with van der Waals surface area (Å²) < 4.78 is 13.2. The van der Waals surface area contributed by atoms with Crippen molar-refractivity contribution < 1.29 is 4.39 Å². The molecule has 0 aliphatic rings. The third-order valence-corrected chi connectivity index (χ3v) is 2.06. The highest BCUT2D eigenvalue weighted by Gasteiger charge is 2.06. The van der Waals surface area contributed by atoms with Crippen LogP contribution in [0.5, 0.6) is 0 Å². The average Bonchev–Trinajstić information content (AvgIpc) is 2.16. The van der Waals surface area contributed by atoms with Crippen molar-refractivity contribution in [3.63, 3.8) is 0 Å². The van der Waals surface area contributed by atoms with Gasteiger partial charge in [-0.3, -0.25) is 0 Å². The predicted octanol–water partition coefficient (Wildman–Crippen LogP) is 4.88. The van der Waals surface area contributed by atoms with Gasteiger partial charge >= 0.3 is 0 Å². The van der Waals surface area contributed by atoms with Crippen LogP contribution in [-0.4, -0.2) is 0 Å². The van der Waals surface area contributed by atoms with E-state index in [0.717, 1.165) is 22.3 Å². The molecule has 0 unspecified atom stereocenters. The smallest absolute Gasteiger partial charge is 0.119 e. The van der Waals surface area contributed by atoms with Crippen LogP contribution < -0.4 is 0 Å². The van der Waals surface area contributed by atoms with Crippen molar-refractivity contribution in [3.05, 3.63) is 59.5 Å². The maximum atomic E-state index is 13.2. The topological polar surface area (TPSA) is 0 Å². The van der Waals surface area contributed by atoms with Crippen molar-refractivity contribution in [3.8, 4) is 0 Å². The molecule has 0 saturated carbocycles. The average molecular weight is 206 g/mol. The molecule has 15 heavy (non-hydrogen) atoms. The largest absolute Gasteiger partial charge is 0.207 e. The first kappa shape index (κ1) is 13.6. The Kier molecular flexibility index (Phi) is 5.61. The second-order valence-corrected chi connectivity index (χ2v) is 3.49. The second-order valence-electron chi connectivity index (χ2n) is 3.49. The van der Waals surface area contributed by atoms with Crippen molar-refractivity contribution in [1.82, 2.24) is 0 Å². The first-order valence-electron chi connectivity index (χ1n) is 4.96. The third kappa shape index (κ3) is 4.11. The molecule has 0 bridgehead atoms. The van der Waals surface area contributed by atoms with E-state index in [9.17, 15) is 4.39 Å². The van der Waals surface area contributed by atoms with Crippen molar-refractivity contribution >= 4 is 0 Å². The monoisotopic (exact) mass is 206 g/mol. The van der Waals surface area contributed by atoms with Gasteiger partial charge in [-0.1, -0.05) is 36.5 Å². The van der Waals surface area contributed by atoms with Gasteiger partial charge in [-0.2, -0.15) is 0 Å². The van der Waals surface area contributed by atoms with Gasteiger partial charge in [-0.05, 0) is 44.9 Å². The Hall–Kier alpha value is -1.37. The molecule has 0 radical (unpaired) electrons. The van der Waals surface area contributed by atoms with E-state index >= 15 is 0 Å². The van der Waals surface area contributed by atoms with E-state index < -0.39 is 0 Å². The molecular weight excluding hydrogens is 187 g/mol. The molecule has 0 atom stereocenters. The molecule has 0 aliphatic heterocycles. The minimum atomic E-state index is -0.256. The first-order chi connectivity index (χ1) is 6.93. The van der Waals surface area contributed by atoms with Crippen LogP contribution in [0, 0.1) is 0 Å². The molecule has 0 fully saturated rings. The van der Waals surface area contributed by atoms with Crippen molar-refractivity contribution in [2.45, 2.75) is 27.7 Å². The minimum absolute atomic E-state index is 0.256. The Morgan fingerprint density at radius 1 is 0.933 bits per heavy atom. The highest BCUT2D eigenvalue weighted by molar-refractivity contribution is 5.54. The third-order valence-electron chi connectivity index (χ3n) is 2.06. The minimum Gasteiger partial charge on any atom is -0.207 e. The van der Waals surface area contributed by atoms with Crippen LogP contribution in [0.25, 0.3) is 0 Å². The van der Waals surface area contributed by atoms with E-state index in [-0.39, 0.29) is 5.83 Å².